The van der Waals surface area contributed by atoms with E-state index in [1.165, 1.54) is 12.0 Å². The molecule has 0 saturated carbocycles. The van der Waals surface area contributed by atoms with Crippen molar-refractivity contribution in [2.75, 3.05) is 13.7 Å². The molecule has 1 atom stereocenters. The Bertz CT molecular complexity index is 656. The number of ether oxygens (including phenoxy) is 1. The number of hydrogen-bond donors (Lipinski definition) is 0. The third-order valence-corrected chi connectivity index (χ3v) is 3.56. The fourth-order valence-electron chi connectivity index (χ4n) is 2.49. The molecule has 1 heterocycles. The van der Waals surface area contributed by atoms with Crippen molar-refractivity contribution in [1.82, 2.24) is 4.90 Å². The Morgan fingerprint density at radius 2 is 1.74 bits per heavy atom. The molecule has 1 saturated heterocycles. The Kier molecular flexibility index (Phi) is 4.53. The number of methoxy groups -OCH3 is 1. The summed E-state index contributed by atoms with van der Waals surface area (Å²) in [4.78, 5) is 45.5. The lowest BCUT2D eigenvalue weighted by molar-refractivity contribution is -0.394. The number of carbonyl (C=O) groups excluding carboxylic acids is 2. The first kappa shape index (κ1) is 16.3. The molecule has 23 heavy (non-hydrogen) atoms. The third-order valence-electron chi connectivity index (χ3n) is 3.56. The lowest BCUT2D eigenvalue weighted by Gasteiger charge is -2.22. The molecular formula is C13H13N3O7. The number of carbonyl (C=O) groups is 2. The van der Waals surface area contributed by atoms with Crippen LogP contribution in [0.25, 0.3) is 0 Å². The second-order valence-corrected chi connectivity index (χ2v) is 4.93. The van der Waals surface area contributed by atoms with Gasteiger partial charge >= 0.3 is 5.97 Å². The van der Waals surface area contributed by atoms with E-state index in [0.29, 0.717) is 12.8 Å². The van der Waals surface area contributed by atoms with E-state index in [0.717, 1.165) is 18.2 Å². The van der Waals surface area contributed by atoms with Crippen LogP contribution in [0.2, 0.25) is 0 Å². The smallest absolute Gasteiger partial charge is 0.328 e. The first-order valence-electron chi connectivity index (χ1n) is 6.68. The summed E-state index contributed by atoms with van der Waals surface area (Å²) >= 11 is 0. The van der Waals surface area contributed by atoms with Crippen LogP contribution in [0.1, 0.15) is 23.2 Å². The molecule has 0 aromatic heterocycles. The van der Waals surface area contributed by atoms with E-state index in [4.69, 9.17) is 0 Å². The van der Waals surface area contributed by atoms with Crippen molar-refractivity contribution in [3.63, 3.8) is 0 Å². The molecule has 0 spiro atoms. The van der Waals surface area contributed by atoms with E-state index in [1.807, 2.05) is 0 Å². The number of non-ortho nitro benzene ring substituents is 2. The standard InChI is InChI=1S/C13H13N3O7/c1-23-13(18)11-3-2-4-14(11)12(17)8-5-9(15(19)20)7-10(6-8)16(21)22/h5-7,11H,2-4H2,1H3. The van der Waals surface area contributed by atoms with E-state index in [2.05, 4.69) is 4.74 Å². The summed E-state index contributed by atoms with van der Waals surface area (Å²) in [5, 5.41) is 21.7. The predicted molar refractivity (Wildman–Crippen MR) is 75.8 cm³/mol. The number of likely N-dealkylation sites (tertiary alicyclic amines) is 1. The van der Waals surface area contributed by atoms with Gasteiger partial charge < -0.3 is 9.64 Å². The first-order chi connectivity index (χ1) is 10.8. The first-order valence-corrected chi connectivity index (χ1v) is 6.68. The van der Waals surface area contributed by atoms with Crippen molar-refractivity contribution in [3.8, 4) is 0 Å². The summed E-state index contributed by atoms with van der Waals surface area (Å²) < 4.78 is 4.63. The van der Waals surface area contributed by atoms with Gasteiger partial charge in [-0.15, -0.1) is 0 Å². The molecule has 0 aliphatic carbocycles. The van der Waals surface area contributed by atoms with Gasteiger partial charge in [0.1, 0.15) is 6.04 Å². The summed E-state index contributed by atoms with van der Waals surface area (Å²) in [5.74, 6) is -1.26. The Balaban J connectivity index is 2.40. The topological polar surface area (TPSA) is 133 Å². The minimum absolute atomic E-state index is 0.207. The molecule has 0 bridgehead atoms. The zero-order chi connectivity index (χ0) is 17.1. The molecule has 0 radical (unpaired) electrons. The van der Waals surface area contributed by atoms with Crippen LogP contribution in [0.3, 0.4) is 0 Å². The average molecular weight is 323 g/mol. The van der Waals surface area contributed by atoms with Crippen LogP contribution in [0.5, 0.6) is 0 Å². The summed E-state index contributed by atoms with van der Waals surface area (Å²) in [6.07, 6.45) is 0.984. The second kappa shape index (κ2) is 6.38. The summed E-state index contributed by atoms with van der Waals surface area (Å²) in [6, 6.07) is 1.91. The van der Waals surface area contributed by atoms with Gasteiger partial charge in [0, 0.05) is 18.7 Å². The minimum atomic E-state index is -0.814. The highest BCUT2D eigenvalue weighted by Gasteiger charge is 2.36. The van der Waals surface area contributed by atoms with Crippen LogP contribution in [0.4, 0.5) is 11.4 Å². The Morgan fingerprint density at radius 1 is 1.17 bits per heavy atom. The number of benzene rings is 1. The number of amides is 1. The quantitative estimate of drug-likeness (QED) is 0.463. The highest BCUT2D eigenvalue weighted by atomic mass is 16.6. The van der Waals surface area contributed by atoms with Crippen molar-refractivity contribution >= 4 is 23.3 Å². The van der Waals surface area contributed by atoms with E-state index >= 15 is 0 Å². The summed E-state index contributed by atoms with van der Waals surface area (Å²) in [6.45, 7) is 0.273. The maximum absolute atomic E-state index is 12.5. The highest BCUT2D eigenvalue weighted by molar-refractivity contribution is 5.98. The van der Waals surface area contributed by atoms with Gasteiger partial charge in [0.05, 0.1) is 28.6 Å². The monoisotopic (exact) mass is 323 g/mol. The van der Waals surface area contributed by atoms with Crippen molar-refractivity contribution in [1.29, 1.82) is 0 Å². The van der Waals surface area contributed by atoms with Gasteiger partial charge in [-0.25, -0.2) is 4.79 Å². The normalized spacial score (nSPS) is 16.9. The zero-order valence-corrected chi connectivity index (χ0v) is 12.1. The van der Waals surface area contributed by atoms with Gasteiger partial charge in [0.15, 0.2) is 0 Å². The highest BCUT2D eigenvalue weighted by Crippen LogP contribution is 2.26. The predicted octanol–water partition coefficient (Wildman–Crippen LogP) is 1.28. The maximum Gasteiger partial charge on any atom is 0.328 e. The molecule has 1 fully saturated rings. The summed E-state index contributed by atoms with van der Waals surface area (Å²) in [7, 11) is 1.20. The number of hydrogen-bond acceptors (Lipinski definition) is 7. The molecule has 1 aromatic carbocycles. The fourth-order valence-corrected chi connectivity index (χ4v) is 2.49. The number of esters is 1. The Morgan fingerprint density at radius 3 is 2.22 bits per heavy atom. The fraction of sp³-hybridized carbons (Fsp3) is 0.385. The Labute approximate surface area is 129 Å². The largest absolute Gasteiger partial charge is 0.467 e. The van der Waals surface area contributed by atoms with Gasteiger partial charge in [-0.05, 0) is 12.8 Å². The molecule has 2 rings (SSSR count). The van der Waals surface area contributed by atoms with Crippen LogP contribution in [0, 0.1) is 20.2 Å². The molecule has 1 aliphatic rings. The number of rotatable bonds is 4. The van der Waals surface area contributed by atoms with E-state index in [1.54, 1.807) is 0 Å². The van der Waals surface area contributed by atoms with Crippen LogP contribution in [-0.2, 0) is 9.53 Å². The van der Waals surface area contributed by atoms with Crippen LogP contribution < -0.4 is 0 Å². The van der Waals surface area contributed by atoms with Gasteiger partial charge in [-0.1, -0.05) is 0 Å². The molecule has 1 amide bonds. The van der Waals surface area contributed by atoms with Crippen molar-refractivity contribution < 1.29 is 24.2 Å². The zero-order valence-electron chi connectivity index (χ0n) is 12.1. The molecule has 0 N–H and O–H groups in total. The average Bonchev–Trinajstić information content (AvgIpc) is 3.02. The molecular weight excluding hydrogens is 310 g/mol. The van der Waals surface area contributed by atoms with Gasteiger partial charge in [0.25, 0.3) is 17.3 Å². The van der Waals surface area contributed by atoms with Gasteiger partial charge in [-0.3, -0.25) is 25.0 Å². The molecule has 122 valence electrons. The van der Waals surface area contributed by atoms with E-state index in [9.17, 15) is 29.8 Å². The minimum Gasteiger partial charge on any atom is -0.467 e. The van der Waals surface area contributed by atoms with Crippen LogP contribution in [-0.4, -0.2) is 46.3 Å². The van der Waals surface area contributed by atoms with Crippen molar-refractivity contribution in [2.45, 2.75) is 18.9 Å². The van der Waals surface area contributed by atoms with Gasteiger partial charge in [-0.2, -0.15) is 0 Å². The van der Waals surface area contributed by atoms with Crippen LogP contribution in [0.15, 0.2) is 18.2 Å². The number of nitro benzene ring substituents is 2. The third kappa shape index (κ3) is 3.25. The van der Waals surface area contributed by atoms with E-state index in [-0.39, 0.29) is 12.1 Å². The van der Waals surface area contributed by atoms with Crippen molar-refractivity contribution in [2.24, 2.45) is 0 Å². The second-order valence-electron chi connectivity index (χ2n) is 4.93. The lowest BCUT2D eigenvalue weighted by atomic mass is 10.1. The SMILES string of the molecule is COC(=O)C1CCCN1C(=O)c1cc([N+](=O)[O-])cc([N+](=O)[O-])c1. The van der Waals surface area contributed by atoms with Gasteiger partial charge in [0.2, 0.25) is 0 Å². The number of nitro groups is 2. The molecule has 1 aliphatic heterocycles. The molecule has 1 aromatic rings. The molecule has 10 nitrogen and oxygen atoms in total. The van der Waals surface area contributed by atoms with Crippen molar-refractivity contribution in [3.05, 3.63) is 44.0 Å². The molecule has 1 unspecified atom stereocenters. The molecule has 10 heteroatoms. The Hall–Kier alpha value is -3.04. The lowest BCUT2D eigenvalue weighted by Crippen LogP contribution is -2.41. The van der Waals surface area contributed by atoms with E-state index < -0.39 is 39.1 Å². The maximum atomic E-state index is 12.5. The number of nitrogens with zero attached hydrogens (tertiary/aromatic N) is 3. The van der Waals surface area contributed by atoms with Crippen LogP contribution >= 0.6 is 0 Å². The summed E-state index contributed by atoms with van der Waals surface area (Å²) in [5.41, 5.74) is -1.32.